The molecule has 0 N–H and O–H groups in total. The number of carbonyl (C=O) groups excluding carboxylic acids is 1. The lowest BCUT2D eigenvalue weighted by Gasteiger charge is -2.33. The van der Waals surface area contributed by atoms with Crippen molar-refractivity contribution in [3.05, 3.63) is 0 Å². The van der Waals surface area contributed by atoms with Crippen molar-refractivity contribution in [3.63, 3.8) is 0 Å². The maximum absolute atomic E-state index is 11.7. The zero-order valence-corrected chi connectivity index (χ0v) is 10.8. The van der Waals surface area contributed by atoms with E-state index >= 15 is 0 Å². The second-order valence-electron chi connectivity index (χ2n) is 4.41. The number of carbonyl (C=O) groups is 1. The van der Waals surface area contributed by atoms with Gasteiger partial charge in [-0.05, 0) is 40.8 Å². The van der Waals surface area contributed by atoms with Gasteiger partial charge in [-0.2, -0.15) is 0 Å². The first-order valence-electron chi connectivity index (χ1n) is 5.85. The van der Waals surface area contributed by atoms with E-state index in [2.05, 4.69) is 11.8 Å². The van der Waals surface area contributed by atoms with Gasteiger partial charge in [-0.15, -0.1) is 0 Å². The maximum Gasteiger partial charge on any atom is 0.325 e. The molecule has 3 nitrogen and oxygen atoms in total. The summed E-state index contributed by atoms with van der Waals surface area (Å²) < 4.78 is 5.05. The van der Waals surface area contributed by atoms with Crippen LogP contribution < -0.4 is 0 Å². The molecule has 0 aromatic heterocycles. The van der Waals surface area contributed by atoms with Gasteiger partial charge in [0.05, 0.1) is 6.61 Å². The van der Waals surface area contributed by atoms with Crippen molar-refractivity contribution in [2.45, 2.75) is 52.5 Å². The molecule has 90 valence electrons. The van der Waals surface area contributed by atoms with Gasteiger partial charge in [0.25, 0.3) is 0 Å². The van der Waals surface area contributed by atoms with Crippen LogP contribution in [0.5, 0.6) is 0 Å². The van der Waals surface area contributed by atoms with Crippen molar-refractivity contribution in [1.29, 1.82) is 0 Å². The molecule has 0 atom stereocenters. The summed E-state index contributed by atoms with van der Waals surface area (Å²) >= 11 is 0. The highest BCUT2D eigenvalue weighted by Gasteiger charge is 2.33. The van der Waals surface area contributed by atoms with Crippen LogP contribution >= 0.6 is 0 Å². The van der Waals surface area contributed by atoms with Gasteiger partial charge in [0.1, 0.15) is 5.54 Å². The molecule has 3 heteroatoms. The second-order valence-corrected chi connectivity index (χ2v) is 4.41. The number of rotatable bonds is 7. The van der Waals surface area contributed by atoms with Crippen LogP contribution in [0.3, 0.4) is 0 Å². The summed E-state index contributed by atoms with van der Waals surface area (Å²) in [6.45, 7) is 9.24. The Balaban J connectivity index is 4.12. The molecule has 0 spiro atoms. The zero-order valence-electron chi connectivity index (χ0n) is 10.8. The smallest absolute Gasteiger partial charge is 0.325 e. The second kappa shape index (κ2) is 6.83. The number of hydrogen-bond acceptors (Lipinski definition) is 3. The molecule has 15 heavy (non-hydrogen) atoms. The normalized spacial score (nSPS) is 11.9. The lowest BCUT2D eigenvalue weighted by Crippen LogP contribution is -2.49. The van der Waals surface area contributed by atoms with E-state index in [1.54, 1.807) is 0 Å². The fourth-order valence-corrected chi connectivity index (χ4v) is 1.34. The van der Waals surface area contributed by atoms with Gasteiger partial charge in [-0.3, -0.25) is 9.69 Å². The minimum atomic E-state index is -0.510. The SMILES string of the molecule is CCCCCN(C)C(C)(C)C(=O)OCC. The molecule has 0 saturated heterocycles. The predicted molar refractivity (Wildman–Crippen MR) is 62.9 cm³/mol. The van der Waals surface area contributed by atoms with Gasteiger partial charge in [0.2, 0.25) is 0 Å². The molecule has 0 radical (unpaired) electrons. The van der Waals surface area contributed by atoms with Gasteiger partial charge < -0.3 is 4.74 Å². The molecular weight excluding hydrogens is 190 g/mol. The number of unbranched alkanes of at least 4 members (excludes halogenated alkanes) is 2. The summed E-state index contributed by atoms with van der Waals surface area (Å²) in [6.07, 6.45) is 3.55. The summed E-state index contributed by atoms with van der Waals surface area (Å²) in [6, 6.07) is 0. The number of likely N-dealkylation sites (N-methyl/N-ethyl adjacent to an activating group) is 1. The summed E-state index contributed by atoms with van der Waals surface area (Å²) in [5, 5.41) is 0. The monoisotopic (exact) mass is 215 g/mol. The summed E-state index contributed by atoms with van der Waals surface area (Å²) in [5.74, 6) is -0.135. The van der Waals surface area contributed by atoms with Gasteiger partial charge >= 0.3 is 5.97 Å². The molecule has 0 bridgehead atoms. The number of ether oxygens (including phenoxy) is 1. The molecule has 0 saturated carbocycles. The van der Waals surface area contributed by atoms with Crippen LogP contribution in [-0.2, 0) is 9.53 Å². The van der Waals surface area contributed by atoms with Crippen molar-refractivity contribution < 1.29 is 9.53 Å². The van der Waals surface area contributed by atoms with Crippen LogP contribution in [-0.4, -0.2) is 36.6 Å². The first kappa shape index (κ1) is 14.4. The van der Waals surface area contributed by atoms with E-state index in [1.165, 1.54) is 12.8 Å². The molecule has 0 aliphatic heterocycles. The van der Waals surface area contributed by atoms with Gasteiger partial charge in [-0.25, -0.2) is 0 Å². The molecule has 0 aliphatic carbocycles. The van der Waals surface area contributed by atoms with Crippen LogP contribution in [0.1, 0.15) is 47.0 Å². The fourth-order valence-electron chi connectivity index (χ4n) is 1.34. The van der Waals surface area contributed by atoms with Gasteiger partial charge in [0.15, 0.2) is 0 Å². The maximum atomic E-state index is 11.7. The Labute approximate surface area is 93.8 Å². The summed E-state index contributed by atoms with van der Waals surface area (Å²) in [4.78, 5) is 13.7. The standard InChI is InChI=1S/C12H25NO2/c1-6-8-9-10-13(5)12(3,4)11(14)15-7-2/h6-10H2,1-5H3. The van der Waals surface area contributed by atoms with Crippen LogP contribution in [0.25, 0.3) is 0 Å². The summed E-state index contributed by atoms with van der Waals surface area (Å²) in [7, 11) is 1.98. The first-order valence-corrected chi connectivity index (χ1v) is 5.85. The van der Waals surface area contributed by atoms with E-state index in [4.69, 9.17) is 4.74 Å². The minimum Gasteiger partial charge on any atom is -0.465 e. The highest BCUT2D eigenvalue weighted by atomic mass is 16.5. The molecule has 0 aromatic rings. The van der Waals surface area contributed by atoms with Crippen molar-refractivity contribution >= 4 is 5.97 Å². The Hall–Kier alpha value is -0.570. The Morgan fingerprint density at radius 3 is 2.33 bits per heavy atom. The topological polar surface area (TPSA) is 29.5 Å². The van der Waals surface area contributed by atoms with E-state index in [0.29, 0.717) is 6.61 Å². The lowest BCUT2D eigenvalue weighted by molar-refractivity contribution is -0.155. The first-order chi connectivity index (χ1) is 6.96. The largest absolute Gasteiger partial charge is 0.465 e. The van der Waals surface area contributed by atoms with E-state index < -0.39 is 5.54 Å². The Bertz CT molecular complexity index is 190. The molecule has 0 fully saturated rings. The molecule has 0 aliphatic rings. The van der Waals surface area contributed by atoms with Crippen molar-refractivity contribution in [2.24, 2.45) is 0 Å². The highest BCUT2D eigenvalue weighted by molar-refractivity contribution is 5.79. The van der Waals surface area contributed by atoms with Crippen LogP contribution in [0.4, 0.5) is 0 Å². The lowest BCUT2D eigenvalue weighted by atomic mass is 10.0. The Kier molecular flexibility index (Phi) is 6.57. The molecule has 0 aromatic carbocycles. The number of nitrogens with zero attached hydrogens (tertiary/aromatic N) is 1. The molecule has 0 unspecified atom stereocenters. The third-order valence-electron chi connectivity index (χ3n) is 2.83. The Morgan fingerprint density at radius 2 is 1.87 bits per heavy atom. The molecular formula is C12H25NO2. The molecule has 0 heterocycles. The molecule has 0 rings (SSSR count). The van der Waals surface area contributed by atoms with Crippen LogP contribution in [0, 0.1) is 0 Å². The van der Waals surface area contributed by atoms with Crippen molar-refractivity contribution in [3.8, 4) is 0 Å². The van der Waals surface area contributed by atoms with E-state index in [-0.39, 0.29) is 5.97 Å². The average Bonchev–Trinajstić information content (AvgIpc) is 2.18. The van der Waals surface area contributed by atoms with Gasteiger partial charge in [0, 0.05) is 0 Å². The van der Waals surface area contributed by atoms with Crippen LogP contribution in [0.15, 0.2) is 0 Å². The van der Waals surface area contributed by atoms with Crippen LogP contribution in [0.2, 0.25) is 0 Å². The zero-order chi connectivity index (χ0) is 11.9. The average molecular weight is 215 g/mol. The highest BCUT2D eigenvalue weighted by Crippen LogP contribution is 2.15. The van der Waals surface area contributed by atoms with Crippen molar-refractivity contribution in [2.75, 3.05) is 20.2 Å². The third-order valence-corrected chi connectivity index (χ3v) is 2.83. The number of esters is 1. The third kappa shape index (κ3) is 4.65. The molecule has 0 amide bonds. The van der Waals surface area contributed by atoms with E-state index in [9.17, 15) is 4.79 Å². The number of hydrogen-bond donors (Lipinski definition) is 0. The predicted octanol–water partition coefficient (Wildman–Crippen LogP) is 2.45. The van der Waals surface area contributed by atoms with Crippen molar-refractivity contribution in [1.82, 2.24) is 4.90 Å². The quantitative estimate of drug-likeness (QED) is 0.482. The van der Waals surface area contributed by atoms with E-state index in [0.717, 1.165) is 13.0 Å². The van der Waals surface area contributed by atoms with Gasteiger partial charge in [-0.1, -0.05) is 19.8 Å². The minimum absolute atomic E-state index is 0.135. The fraction of sp³-hybridized carbons (Fsp3) is 0.917. The van der Waals surface area contributed by atoms with E-state index in [1.807, 2.05) is 27.8 Å². The summed E-state index contributed by atoms with van der Waals surface area (Å²) in [5.41, 5.74) is -0.510. The Morgan fingerprint density at radius 1 is 1.27 bits per heavy atom.